The number of primary amides is 1. The predicted octanol–water partition coefficient (Wildman–Crippen LogP) is 1.89. The van der Waals surface area contributed by atoms with Crippen LogP contribution in [0.25, 0.3) is 0 Å². The Morgan fingerprint density at radius 1 is 1.50 bits per heavy atom. The van der Waals surface area contributed by atoms with Crippen LogP contribution in [0, 0.1) is 6.08 Å². The topological polar surface area (TPSA) is 43.1 Å². The Labute approximate surface area is 79.2 Å². The third-order valence-electron chi connectivity index (χ3n) is 1.39. The largest absolute Gasteiger partial charge is 0.366 e. The van der Waals surface area contributed by atoms with Gasteiger partial charge in [0, 0.05) is 10.0 Å². The number of amides is 1. The zero-order valence-electron chi connectivity index (χ0n) is 6.30. The van der Waals surface area contributed by atoms with Crippen molar-refractivity contribution in [2.75, 3.05) is 0 Å². The zero-order chi connectivity index (χ0) is 9.14. The van der Waals surface area contributed by atoms with E-state index in [4.69, 9.17) is 5.73 Å². The van der Waals surface area contributed by atoms with Crippen LogP contribution in [0.15, 0.2) is 29.3 Å². The molecule has 1 aromatic rings. The number of hydrogen-bond donors (Lipinski definition) is 1. The molecule has 0 saturated carbocycles. The van der Waals surface area contributed by atoms with Crippen LogP contribution in [0.4, 0.5) is 0 Å². The van der Waals surface area contributed by atoms with Gasteiger partial charge in [-0.1, -0.05) is 22.5 Å². The standard InChI is InChI=1S/C9H7BrNO/c1-2-6-3-7(9(11)12)5-8(10)4-6/h3-5H,1H2,(H2,11,12). The summed E-state index contributed by atoms with van der Waals surface area (Å²) in [5.74, 6) is -0.451. The molecule has 3 heteroatoms. The Morgan fingerprint density at radius 3 is 2.67 bits per heavy atom. The van der Waals surface area contributed by atoms with Gasteiger partial charge in [0.25, 0.3) is 0 Å². The summed E-state index contributed by atoms with van der Waals surface area (Å²) in [6.07, 6.45) is 2.68. The van der Waals surface area contributed by atoms with Crippen LogP contribution in [-0.4, -0.2) is 5.91 Å². The second kappa shape index (κ2) is 3.54. The van der Waals surface area contributed by atoms with Crippen molar-refractivity contribution in [3.63, 3.8) is 0 Å². The van der Waals surface area contributed by atoms with Gasteiger partial charge >= 0.3 is 0 Å². The Morgan fingerprint density at radius 2 is 2.17 bits per heavy atom. The lowest BCUT2D eigenvalue weighted by atomic mass is 10.1. The van der Waals surface area contributed by atoms with Gasteiger partial charge in [-0.05, 0) is 29.8 Å². The van der Waals surface area contributed by atoms with Gasteiger partial charge in [-0.15, -0.1) is 0 Å². The molecular weight excluding hydrogens is 218 g/mol. The Hall–Kier alpha value is -1.09. The van der Waals surface area contributed by atoms with Crippen molar-refractivity contribution in [3.05, 3.63) is 46.5 Å². The van der Waals surface area contributed by atoms with E-state index in [1.54, 1.807) is 18.2 Å². The minimum atomic E-state index is -0.451. The lowest BCUT2D eigenvalue weighted by molar-refractivity contribution is 0.1000. The molecular formula is C9H7BrNO. The minimum Gasteiger partial charge on any atom is -0.366 e. The van der Waals surface area contributed by atoms with Gasteiger partial charge in [-0.25, -0.2) is 0 Å². The van der Waals surface area contributed by atoms with Gasteiger partial charge < -0.3 is 5.73 Å². The molecule has 1 amide bonds. The summed E-state index contributed by atoms with van der Waals surface area (Å²) < 4.78 is 0.796. The predicted molar refractivity (Wildman–Crippen MR) is 50.6 cm³/mol. The number of halogens is 1. The third-order valence-corrected chi connectivity index (χ3v) is 1.84. The SMILES string of the molecule is C=[C]c1cc(Br)cc(C(N)=O)c1. The van der Waals surface area contributed by atoms with Crippen LogP contribution < -0.4 is 5.73 Å². The maximum Gasteiger partial charge on any atom is 0.248 e. The van der Waals surface area contributed by atoms with Gasteiger partial charge in [0.2, 0.25) is 5.91 Å². The first kappa shape index (κ1) is 9.00. The van der Waals surface area contributed by atoms with Crippen LogP contribution in [0.5, 0.6) is 0 Å². The molecule has 12 heavy (non-hydrogen) atoms. The smallest absolute Gasteiger partial charge is 0.248 e. The Bertz CT molecular complexity index is 333. The van der Waals surface area contributed by atoms with E-state index in [2.05, 4.69) is 28.6 Å². The van der Waals surface area contributed by atoms with E-state index < -0.39 is 5.91 Å². The van der Waals surface area contributed by atoms with Crippen molar-refractivity contribution in [1.29, 1.82) is 0 Å². The molecule has 0 atom stereocenters. The van der Waals surface area contributed by atoms with Crippen molar-refractivity contribution in [2.45, 2.75) is 0 Å². The summed E-state index contributed by atoms with van der Waals surface area (Å²) in [5, 5.41) is 0. The van der Waals surface area contributed by atoms with Gasteiger partial charge in [0.1, 0.15) is 0 Å². The molecule has 1 rings (SSSR count). The van der Waals surface area contributed by atoms with E-state index in [1.165, 1.54) is 0 Å². The van der Waals surface area contributed by atoms with E-state index in [0.717, 1.165) is 10.0 Å². The summed E-state index contributed by atoms with van der Waals surface area (Å²) >= 11 is 3.25. The average Bonchev–Trinajstić information content (AvgIpc) is 2.03. The molecule has 0 aromatic heterocycles. The lowest BCUT2D eigenvalue weighted by Crippen LogP contribution is -2.10. The first-order valence-corrected chi connectivity index (χ1v) is 4.06. The second-order valence-corrected chi connectivity index (χ2v) is 3.19. The Balaban J connectivity index is 3.23. The first-order chi connectivity index (χ1) is 5.63. The number of nitrogens with two attached hydrogens (primary N) is 1. The number of benzene rings is 1. The van der Waals surface area contributed by atoms with E-state index >= 15 is 0 Å². The highest BCUT2D eigenvalue weighted by atomic mass is 79.9. The number of carbonyl (C=O) groups is 1. The molecule has 61 valence electrons. The summed E-state index contributed by atoms with van der Waals surface area (Å²) in [6, 6.07) is 5.10. The van der Waals surface area contributed by atoms with Crippen molar-refractivity contribution in [1.82, 2.24) is 0 Å². The molecule has 0 saturated heterocycles. The van der Waals surface area contributed by atoms with Gasteiger partial charge in [0.15, 0.2) is 0 Å². The highest BCUT2D eigenvalue weighted by molar-refractivity contribution is 9.10. The molecule has 0 spiro atoms. The fraction of sp³-hybridized carbons (Fsp3) is 0. The molecule has 1 radical (unpaired) electrons. The van der Waals surface area contributed by atoms with Crippen molar-refractivity contribution in [3.8, 4) is 0 Å². The molecule has 0 aliphatic rings. The monoisotopic (exact) mass is 224 g/mol. The quantitative estimate of drug-likeness (QED) is 0.820. The van der Waals surface area contributed by atoms with Crippen molar-refractivity contribution >= 4 is 21.8 Å². The molecule has 2 nitrogen and oxygen atoms in total. The summed E-state index contributed by atoms with van der Waals surface area (Å²) in [4.78, 5) is 10.8. The van der Waals surface area contributed by atoms with Gasteiger partial charge in [0.05, 0.1) is 0 Å². The van der Waals surface area contributed by atoms with Gasteiger partial charge in [-0.2, -0.15) is 0 Å². The average molecular weight is 225 g/mol. The van der Waals surface area contributed by atoms with Crippen LogP contribution in [0.2, 0.25) is 0 Å². The molecule has 0 fully saturated rings. The molecule has 0 unspecified atom stereocenters. The minimum absolute atomic E-state index is 0.451. The van der Waals surface area contributed by atoms with Gasteiger partial charge in [-0.3, -0.25) is 4.79 Å². The first-order valence-electron chi connectivity index (χ1n) is 3.27. The number of hydrogen-bond acceptors (Lipinski definition) is 1. The lowest BCUT2D eigenvalue weighted by Gasteiger charge is -1.98. The highest BCUT2D eigenvalue weighted by Crippen LogP contribution is 2.15. The Kier molecular flexibility index (Phi) is 2.65. The second-order valence-electron chi connectivity index (χ2n) is 2.27. The zero-order valence-corrected chi connectivity index (χ0v) is 7.89. The van der Waals surface area contributed by atoms with Crippen LogP contribution in [0.1, 0.15) is 15.9 Å². The van der Waals surface area contributed by atoms with Crippen LogP contribution in [-0.2, 0) is 0 Å². The molecule has 0 bridgehead atoms. The highest BCUT2D eigenvalue weighted by Gasteiger charge is 2.01. The molecule has 0 heterocycles. The molecule has 1 aromatic carbocycles. The molecule has 2 N–H and O–H groups in total. The fourth-order valence-corrected chi connectivity index (χ4v) is 1.33. The van der Waals surface area contributed by atoms with E-state index in [-0.39, 0.29) is 0 Å². The molecule has 0 aliphatic carbocycles. The number of rotatable bonds is 2. The number of carbonyl (C=O) groups excluding carboxylic acids is 1. The van der Waals surface area contributed by atoms with Crippen LogP contribution in [0.3, 0.4) is 0 Å². The molecule has 0 aliphatic heterocycles. The van der Waals surface area contributed by atoms with Crippen molar-refractivity contribution < 1.29 is 4.79 Å². The third kappa shape index (κ3) is 1.95. The van der Waals surface area contributed by atoms with E-state index in [0.29, 0.717) is 5.56 Å². The van der Waals surface area contributed by atoms with Crippen LogP contribution >= 0.6 is 15.9 Å². The normalized spacial score (nSPS) is 9.42. The van der Waals surface area contributed by atoms with E-state index in [9.17, 15) is 4.79 Å². The maximum absolute atomic E-state index is 10.8. The maximum atomic E-state index is 10.8. The summed E-state index contributed by atoms with van der Waals surface area (Å²) in [5.41, 5.74) is 6.30. The van der Waals surface area contributed by atoms with E-state index in [1.807, 2.05) is 0 Å². The summed E-state index contributed by atoms with van der Waals surface area (Å²) in [6.45, 7) is 3.47. The summed E-state index contributed by atoms with van der Waals surface area (Å²) in [7, 11) is 0. The fourth-order valence-electron chi connectivity index (χ4n) is 0.834. The van der Waals surface area contributed by atoms with Crippen molar-refractivity contribution in [2.24, 2.45) is 5.73 Å².